The van der Waals surface area contributed by atoms with Gasteiger partial charge in [-0.15, -0.1) is 0 Å². The number of piperazine rings is 1. The van der Waals surface area contributed by atoms with Crippen LogP contribution in [0, 0.1) is 5.82 Å². The zero-order valence-corrected chi connectivity index (χ0v) is 17.6. The molecule has 1 aromatic heterocycles. The van der Waals surface area contributed by atoms with Crippen molar-refractivity contribution in [3.05, 3.63) is 46.3 Å². The molecular weight excluding hydrogens is 436 g/mol. The van der Waals surface area contributed by atoms with Crippen LogP contribution in [0.3, 0.4) is 0 Å². The lowest BCUT2D eigenvalue weighted by Gasteiger charge is -2.40. The molecule has 152 valence electrons. The molecule has 2 N–H and O–H groups in total. The normalized spacial score (nSPS) is 17.2. The summed E-state index contributed by atoms with van der Waals surface area (Å²) in [7, 11) is 0. The second-order valence-electron chi connectivity index (χ2n) is 6.60. The second-order valence-corrected chi connectivity index (χ2v) is 8.37. The summed E-state index contributed by atoms with van der Waals surface area (Å²) in [4.78, 5) is 17.3. The van der Waals surface area contributed by atoms with Crippen LogP contribution in [0.4, 0.5) is 15.9 Å². The summed E-state index contributed by atoms with van der Waals surface area (Å²) < 4.78 is 15.4. The van der Waals surface area contributed by atoms with E-state index in [0.29, 0.717) is 15.8 Å². The van der Waals surface area contributed by atoms with Crippen LogP contribution in [0.1, 0.15) is 0 Å². The summed E-state index contributed by atoms with van der Waals surface area (Å²) in [5.74, 6) is 0.401. The number of nitrogens with zero attached hydrogens (tertiary/aromatic N) is 4. The summed E-state index contributed by atoms with van der Waals surface area (Å²) >= 11 is 14.1. The topological polar surface area (TPSA) is 65.7 Å². The zero-order chi connectivity index (χ0) is 20.5. The van der Waals surface area contributed by atoms with Gasteiger partial charge in [0, 0.05) is 32.4 Å². The minimum atomic E-state index is -0.437. The van der Waals surface area contributed by atoms with E-state index in [1.165, 1.54) is 17.8 Å². The standard InChI is InChI=1S/C19H18Cl2FN5OS/c20-12-2-3-15(23)24-18(12)16-13(21)10-14-19(17(16)22)29-11-27(14)26-7-5-25(6-8-26)4-1-9-28/h1-4,9-10H,5-8,11H2,(H2,23,24). The first kappa shape index (κ1) is 20.3. The number of aromatic nitrogens is 1. The van der Waals surface area contributed by atoms with Crippen LogP contribution in [0.5, 0.6) is 0 Å². The third-order valence-electron chi connectivity index (χ3n) is 4.87. The Balaban J connectivity index is 1.63. The predicted molar refractivity (Wildman–Crippen MR) is 116 cm³/mol. The minimum Gasteiger partial charge on any atom is -0.384 e. The van der Waals surface area contributed by atoms with E-state index in [1.807, 2.05) is 5.01 Å². The average molecular weight is 454 g/mol. The van der Waals surface area contributed by atoms with Gasteiger partial charge in [0.05, 0.1) is 37.8 Å². The van der Waals surface area contributed by atoms with Gasteiger partial charge in [-0.05, 0) is 24.3 Å². The zero-order valence-electron chi connectivity index (χ0n) is 15.3. The number of nitrogens with two attached hydrogens (primary N) is 1. The molecule has 0 unspecified atom stereocenters. The van der Waals surface area contributed by atoms with E-state index in [0.717, 1.165) is 38.2 Å². The van der Waals surface area contributed by atoms with Crippen molar-refractivity contribution < 1.29 is 9.18 Å². The molecule has 10 heteroatoms. The number of anilines is 2. The van der Waals surface area contributed by atoms with E-state index in [9.17, 15) is 4.79 Å². The summed E-state index contributed by atoms with van der Waals surface area (Å²) in [5, 5.41) is 4.75. The smallest absolute Gasteiger partial charge is 0.149 e. The van der Waals surface area contributed by atoms with Crippen LogP contribution in [-0.4, -0.2) is 53.2 Å². The summed E-state index contributed by atoms with van der Waals surface area (Å²) in [6.07, 6.45) is 4.05. The Morgan fingerprint density at radius 3 is 2.66 bits per heavy atom. The third kappa shape index (κ3) is 3.90. The summed E-state index contributed by atoms with van der Waals surface area (Å²) in [6.45, 7) is 3.06. The fraction of sp³-hybridized carbons (Fsp3) is 0.263. The molecule has 4 rings (SSSR count). The van der Waals surface area contributed by atoms with Crippen molar-refractivity contribution in [3.63, 3.8) is 0 Å². The molecule has 0 bridgehead atoms. The molecule has 0 aliphatic carbocycles. The van der Waals surface area contributed by atoms with Crippen molar-refractivity contribution in [2.24, 2.45) is 0 Å². The largest absolute Gasteiger partial charge is 0.384 e. The molecule has 1 fully saturated rings. The van der Waals surface area contributed by atoms with Crippen LogP contribution >= 0.6 is 35.0 Å². The molecule has 0 spiro atoms. The van der Waals surface area contributed by atoms with Gasteiger partial charge >= 0.3 is 0 Å². The second kappa shape index (κ2) is 8.39. The van der Waals surface area contributed by atoms with Crippen molar-refractivity contribution in [3.8, 4) is 11.3 Å². The number of hydrogen-bond acceptors (Lipinski definition) is 7. The molecule has 6 nitrogen and oxygen atoms in total. The van der Waals surface area contributed by atoms with Gasteiger partial charge in [0.15, 0.2) is 0 Å². The fourth-order valence-corrected chi connectivity index (χ4v) is 5.03. The fourth-order valence-electron chi connectivity index (χ4n) is 3.46. The number of benzene rings is 1. The molecule has 2 aliphatic rings. The number of allylic oxidation sites excluding steroid dienone is 1. The maximum absolute atomic E-state index is 15.4. The van der Waals surface area contributed by atoms with Gasteiger partial charge in [0.2, 0.25) is 0 Å². The molecule has 2 aliphatic heterocycles. The number of carbonyl (C=O) groups is 1. The monoisotopic (exact) mass is 453 g/mol. The number of nitrogen functional groups attached to an aromatic ring is 1. The molecule has 0 saturated carbocycles. The molecular formula is C19H18Cl2FN5OS. The molecule has 29 heavy (non-hydrogen) atoms. The van der Waals surface area contributed by atoms with E-state index in [1.54, 1.807) is 24.4 Å². The lowest BCUT2D eigenvalue weighted by atomic mass is 10.1. The van der Waals surface area contributed by atoms with Gasteiger partial charge in [0.25, 0.3) is 0 Å². The van der Waals surface area contributed by atoms with Gasteiger partial charge in [-0.25, -0.2) is 14.4 Å². The van der Waals surface area contributed by atoms with Gasteiger partial charge in [0.1, 0.15) is 17.9 Å². The van der Waals surface area contributed by atoms with Crippen LogP contribution < -0.4 is 10.7 Å². The Morgan fingerprint density at radius 2 is 1.93 bits per heavy atom. The van der Waals surface area contributed by atoms with Crippen molar-refractivity contribution in [1.82, 2.24) is 14.9 Å². The molecule has 1 aromatic carbocycles. The molecule has 0 amide bonds. The van der Waals surface area contributed by atoms with Gasteiger partial charge < -0.3 is 10.6 Å². The summed E-state index contributed by atoms with van der Waals surface area (Å²) in [5.41, 5.74) is 6.90. The first-order valence-corrected chi connectivity index (χ1v) is 10.7. The van der Waals surface area contributed by atoms with Crippen molar-refractivity contribution >= 4 is 52.8 Å². The average Bonchev–Trinajstić information content (AvgIpc) is 3.13. The Kier molecular flexibility index (Phi) is 5.87. The minimum absolute atomic E-state index is 0.167. The Hall–Kier alpha value is -2.00. The number of halogens is 3. The molecule has 1 saturated heterocycles. The maximum atomic E-state index is 15.4. The quantitative estimate of drug-likeness (QED) is 0.556. The van der Waals surface area contributed by atoms with E-state index in [-0.39, 0.29) is 22.1 Å². The number of hydrogen-bond donors (Lipinski definition) is 1. The highest BCUT2D eigenvalue weighted by atomic mass is 35.5. The number of pyridine rings is 1. The Bertz CT molecular complexity index is 982. The van der Waals surface area contributed by atoms with Gasteiger partial charge in [-0.1, -0.05) is 35.0 Å². The Labute approximate surface area is 182 Å². The lowest BCUT2D eigenvalue weighted by molar-refractivity contribution is -0.104. The predicted octanol–water partition coefficient (Wildman–Crippen LogP) is 3.89. The van der Waals surface area contributed by atoms with E-state index in [2.05, 4.69) is 14.9 Å². The number of hydrazine groups is 1. The van der Waals surface area contributed by atoms with Crippen LogP contribution in [0.15, 0.2) is 35.4 Å². The number of fused-ring (bicyclic) bond motifs is 1. The number of aldehydes is 1. The summed E-state index contributed by atoms with van der Waals surface area (Å²) in [6, 6.07) is 4.90. The Morgan fingerprint density at radius 1 is 1.17 bits per heavy atom. The molecule has 3 heterocycles. The highest BCUT2D eigenvalue weighted by Crippen LogP contribution is 2.48. The number of carbonyl (C=O) groups excluding carboxylic acids is 1. The SMILES string of the molecule is Nc1ccc(Cl)c(-c2c(Cl)cc3c(c2F)SCN3N2CCN(C=CC=O)CC2)n1. The van der Waals surface area contributed by atoms with Gasteiger partial charge in [-0.3, -0.25) is 9.80 Å². The molecule has 2 aromatic rings. The number of thioether (sulfide) groups is 1. The molecule has 0 atom stereocenters. The maximum Gasteiger partial charge on any atom is 0.149 e. The van der Waals surface area contributed by atoms with Crippen LogP contribution in [0.25, 0.3) is 11.3 Å². The first-order valence-electron chi connectivity index (χ1n) is 8.95. The van der Waals surface area contributed by atoms with Crippen LogP contribution in [0.2, 0.25) is 10.0 Å². The highest BCUT2D eigenvalue weighted by Gasteiger charge is 2.32. The van der Waals surface area contributed by atoms with E-state index < -0.39 is 5.82 Å². The number of rotatable bonds is 4. The van der Waals surface area contributed by atoms with E-state index >= 15 is 4.39 Å². The molecule has 0 radical (unpaired) electrons. The van der Waals surface area contributed by atoms with Crippen LogP contribution in [-0.2, 0) is 4.79 Å². The lowest BCUT2D eigenvalue weighted by Crippen LogP contribution is -2.52. The van der Waals surface area contributed by atoms with Crippen molar-refractivity contribution in [2.75, 3.05) is 42.8 Å². The van der Waals surface area contributed by atoms with Crippen molar-refractivity contribution in [2.45, 2.75) is 4.90 Å². The van der Waals surface area contributed by atoms with Gasteiger partial charge in [-0.2, -0.15) is 0 Å². The third-order valence-corrected chi connectivity index (χ3v) is 6.53. The highest BCUT2D eigenvalue weighted by molar-refractivity contribution is 7.99. The van der Waals surface area contributed by atoms with Crippen molar-refractivity contribution in [1.29, 1.82) is 0 Å². The van der Waals surface area contributed by atoms with E-state index in [4.69, 9.17) is 28.9 Å². The first-order chi connectivity index (χ1) is 14.0.